The van der Waals surface area contributed by atoms with Crippen LogP contribution in [0.5, 0.6) is 11.5 Å². The largest absolute Gasteiger partial charge is 0.486 e. The number of hydrogen-bond donors (Lipinski definition) is 0. The minimum atomic E-state index is 0.257. The molecule has 0 fully saturated rings. The highest BCUT2D eigenvalue weighted by Crippen LogP contribution is 2.36. The van der Waals surface area contributed by atoms with E-state index < -0.39 is 0 Å². The van der Waals surface area contributed by atoms with Gasteiger partial charge in [0.05, 0.1) is 0 Å². The molecule has 4 heteroatoms. The maximum absolute atomic E-state index is 5.63. The number of fused-ring (bicyclic) bond motifs is 1. The third-order valence-electron chi connectivity index (χ3n) is 3.23. The monoisotopic (exact) mass is 396 g/mol. The first-order chi connectivity index (χ1) is 9.72. The molecular formula is C16H14Br2O2. The van der Waals surface area contributed by atoms with E-state index in [0.717, 1.165) is 22.4 Å². The lowest BCUT2D eigenvalue weighted by molar-refractivity contribution is 0.171. The fourth-order valence-electron chi connectivity index (χ4n) is 2.24. The van der Waals surface area contributed by atoms with Gasteiger partial charge in [-0.05, 0) is 41.8 Å². The molecule has 1 aliphatic rings. The lowest BCUT2D eigenvalue weighted by Crippen LogP contribution is -2.15. The Bertz CT molecular complexity index is 613. The van der Waals surface area contributed by atoms with Gasteiger partial charge in [-0.25, -0.2) is 0 Å². The molecule has 104 valence electrons. The number of alkyl halides is 1. The van der Waals surface area contributed by atoms with Gasteiger partial charge in [0.15, 0.2) is 11.5 Å². The molecule has 0 amide bonds. The van der Waals surface area contributed by atoms with Crippen molar-refractivity contribution in [3.8, 4) is 11.5 Å². The average Bonchev–Trinajstić information content (AvgIpc) is 2.47. The Morgan fingerprint density at radius 3 is 2.60 bits per heavy atom. The Balaban J connectivity index is 1.78. The van der Waals surface area contributed by atoms with E-state index in [1.165, 1.54) is 11.1 Å². The van der Waals surface area contributed by atoms with Gasteiger partial charge < -0.3 is 9.47 Å². The fraction of sp³-hybridized carbons (Fsp3) is 0.250. The summed E-state index contributed by atoms with van der Waals surface area (Å²) in [6.45, 7) is 1.25. The molecule has 1 heterocycles. The molecule has 0 radical (unpaired) electrons. The molecular weight excluding hydrogens is 384 g/mol. The third-order valence-corrected chi connectivity index (χ3v) is 4.58. The Morgan fingerprint density at radius 2 is 1.80 bits per heavy atom. The lowest BCUT2D eigenvalue weighted by atomic mass is 10.0. The van der Waals surface area contributed by atoms with Crippen LogP contribution in [0.15, 0.2) is 46.9 Å². The van der Waals surface area contributed by atoms with Crippen molar-refractivity contribution in [2.75, 3.05) is 13.2 Å². The molecule has 0 aliphatic carbocycles. The van der Waals surface area contributed by atoms with Crippen molar-refractivity contribution in [2.24, 2.45) is 0 Å². The van der Waals surface area contributed by atoms with E-state index in [2.05, 4.69) is 62.2 Å². The Hall–Kier alpha value is -1.00. The van der Waals surface area contributed by atoms with Crippen molar-refractivity contribution in [2.45, 2.75) is 11.2 Å². The maximum Gasteiger partial charge on any atom is 0.161 e. The Morgan fingerprint density at radius 1 is 1.00 bits per heavy atom. The predicted molar refractivity (Wildman–Crippen MR) is 86.9 cm³/mol. The van der Waals surface area contributed by atoms with Crippen LogP contribution in [0.4, 0.5) is 0 Å². The first-order valence-corrected chi connectivity index (χ1v) is 8.21. The first-order valence-electron chi connectivity index (χ1n) is 6.50. The average molecular weight is 398 g/mol. The summed E-state index contributed by atoms with van der Waals surface area (Å²) in [7, 11) is 0. The summed E-state index contributed by atoms with van der Waals surface area (Å²) in [5, 5.41) is 0. The zero-order valence-electron chi connectivity index (χ0n) is 10.8. The molecule has 1 atom stereocenters. The summed E-state index contributed by atoms with van der Waals surface area (Å²) >= 11 is 7.27. The molecule has 1 unspecified atom stereocenters. The lowest BCUT2D eigenvalue weighted by Gasteiger charge is -2.20. The highest BCUT2D eigenvalue weighted by atomic mass is 79.9. The minimum Gasteiger partial charge on any atom is -0.486 e. The summed E-state index contributed by atoms with van der Waals surface area (Å²) in [5.74, 6) is 1.68. The molecule has 2 aromatic rings. The zero-order chi connectivity index (χ0) is 13.9. The third kappa shape index (κ3) is 3.18. The van der Waals surface area contributed by atoms with Crippen molar-refractivity contribution in [1.82, 2.24) is 0 Å². The molecule has 3 rings (SSSR count). The zero-order valence-corrected chi connectivity index (χ0v) is 14.0. The molecule has 20 heavy (non-hydrogen) atoms. The second-order valence-electron chi connectivity index (χ2n) is 4.70. The number of ether oxygens (including phenoxy) is 2. The minimum absolute atomic E-state index is 0.257. The highest BCUT2D eigenvalue weighted by molar-refractivity contribution is 9.10. The van der Waals surface area contributed by atoms with Crippen LogP contribution in [0.25, 0.3) is 0 Å². The van der Waals surface area contributed by atoms with Crippen molar-refractivity contribution < 1.29 is 9.47 Å². The van der Waals surface area contributed by atoms with Crippen molar-refractivity contribution in [3.05, 3.63) is 58.1 Å². The topological polar surface area (TPSA) is 18.5 Å². The number of halogens is 2. The van der Waals surface area contributed by atoms with Gasteiger partial charge >= 0.3 is 0 Å². The normalized spacial score (nSPS) is 14.9. The van der Waals surface area contributed by atoms with E-state index in [1.807, 2.05) is 12.1 Å². The van der Waals surface area contributed by atoms with Crippen LogP contribution in [0.1, 0.15) is 16.0 Å². The van der Waals surface area contributed by atoms with E-state index in [1.54, 1.807) is 0 Å². The first kappa shape index (κ1) is 14.0. The Kier molecular flexibility index (Phi) is 4.32. The Labute approximate surface area is 135 Å². The maximum atomic E-state index is 5.63. The molecule has 0 spiro atoms. The van der Waals surface area contributed by atoms with Crippen LogP contribution in [-0.4, -0.2) is 13.2 Å². The van der Waals surface area contributed by atoms with E-state index in [0.29, 0.717) is 13.2 Å². The van der Waals surface area contributed by atoms with Crippen molar-refractivity contribution >= 4 is 31.9 Å². The number of hydrogen-bond acceptors (Lipinski definition) is 2. The second kappa shape index (κ2) is 6.19. The van der Waals surface area contributed by atoms with Gasteiger partial charge in [0.1, 0.15) is 13.2 Å². The summed E-state index contributed by atoms with van der Waals surface area (Å²) in [6.07, 6.45) is 0.930. The van der Waals surface area contributed by atoms with Gasteiger partial charge in [0.2, 0.25) is 0 Å². The predicted octanol–water partition coefficient (Wildman–Crippen LogP) is 4.90. The molecule has 0 aromatic heterocycles. The van der Waals surface area contributed by atoms with Gasteiger partial charge in [-0.3, -0.25) is 0 Å². The van der Waals surface area contributed by atoms with E-state index in [-0.39, 0.29) is 4.83 Å². The van der Waals surface area contributed by atoms with Gasteiger partial charge in [-0.15, -0.1) is 0 Å². The molecule has 0 N–H and O–H groups in total. The molecule has 0 saturated carbocycles. The van der Waals surface area contributed by atoms with Crippen LogP contribution in [-0.2, 0) is 6.42 Å². The van der Waals surface area contributed by atoms with Crippen LogP contribution < -0.4 is 9.47 Å². The number of benzene rings is 2. The van der Waals surface area contributed by atoms with Gasteiger partial charge in [0.25, 0.3) is 0 Å². The summed E-state index contributed by atoms with van der Waals surface area (Å²) in [5.41, 5.74) is 2.49. The van der Waals surface area contributed by atoms with Crippen LogP contribution >= 0.6 is 31.9 Å². The summed E-state index contributed by atoms with van der Waals surface area (Å²) in [6, 6.07) is 14.5. The number of rotatable bonds is 3. The quantitative estimate of drug-likeness (QED) is 0.685. The van der Waals surface area contributed by atoms with Crippen molar-refractivity contribution in [1.29, 1.82) is 0 Å². The van der Waals surface area contributed by atoms with E-state index in [9.17, 15) is 0 Å². The molecule has 0 saturated heterocycles. The molecule has 0 bridgehead atoms. The summed E-state index contributed by atoms with van der Waals surface area (Å²) < 4.78 is 12.3. The van der Waals surface area contributed by atoms with E-state index >= 15 is 0 Å². The SMILES string of the molecule is Brc1cccc(CC(Br)c2ccc3c(c2)OCCO3)c1. The van der Waals surface area contributed by atoms with Gasteiger partial charge in [-0.1, -0.05) is 50.1 Å². The van der Waals surface area contributed by atoms with Crippen LogP contribution in [0.2, 0.25) is 0 Å². The molecule has 2 nitrogen and oxygen atoms in total. The van der Waals surface area contributed by atoms with Gasteiger partial charge in [-0.2, -0.15) is 0 Å². The summed E-state index contributed by atoms with van der Waals surface area (Å²) in [4.78, 5) is 0.257. The highest BCUT2D eigenvalue weighted by Gasteiger charge is 2.15. The van der Waals surface area contributed by atoms with Crippen LogP contribution in [0, 0.1) is 0 Å². The van der Waals surface area contributed by atoms with E-state index in [4.69, 9.17) is 9.47 Å². The van der Waals surface area contributed by atoms with Gasteiger partial charge in [0, 0.05) is 9.30 Å². The molecule has 1 aliphatic heterocycles. The molecule has 2 aromatic carbocycles. The smallest absolute Gasteiger partial charge is 0.161 e. The van der Waals surface area contributed by atoms with Crippen LogP contribution in [0.3, 0.4) is 0 Å². The second-order valence-corrected chi connectivity index (χ2v) is 6.73. The van der Waals surface area contributed by atoms with Crippen molar-refractivity contribution in [3.63, 3.8) is 0 Å². The fourth-order valence-corrected chi connectivity index (χ4v) is 3.35. The standard InChI is InChI=1S/C16H14Br2O2/c17-13-3-1-2-11(8-13)9-14(18)12-4-5-15-16(10-12)20-7-6-19-15/h1-5,8,10,14H,6-7,9H2.